The molecule has 2 fully saturated rings. The fraction of sp³-hybridized carbons (Fsp3) is 0.652. The molecule has 2 heterocycles. The van der Waals surface area contributed by atoms with Crippen molar-refractivity contribution in [3.63, 3.8) is 0 Å². The van der Waals surface area contributed by atoms with Crippen LogP contribution in [0.15, 0.2) is 29.3 Å². The molecule has 30 heavy (non-hydrogen) atoms. The minimum Gasteiger partial charge on any atom is -0.379 e. The molecule has 0 radical (unpaired) electrons. The summed E-state index contributed by atoms with van der Waals surface area (Å²) in [7, 11) is 1.71. The van der Waals surface area contributed by atoms with E-state index in [1.165, 1.54) is 11.1 Å². The molecule has 7 nitrogen and oxygen atoms in total. The predicted octanol–water partition coefficient (Wildman–Crippen LogP) is 1.83. The molecular formula is C23H37N5O2. The Morgan fingerprint density at radius 2 is 1.83 bits per heavy atom. The number of guanidine groups is 1. The number of carbonyl (C=O) groups is 1. The Balaban J connectivity index is 1.60. The smallest absolute Gasteiger partial charge is 0.220 e. The molecule has 3 rings (SSSR count). The number of amides is 1. The Bertz CT molecular complexity index is 695. The van der Waals surface area contributed by atoms with Crippen LogP contribution in [0.2, 0.25) is 0 Å². The summed E-state index contributed by atoms with van der Waals surface area (Å²) in [6.45, 7) is 10.1. The lowest BCUT2D eigenvalue weighted by atomic mass is 9.93. The van der Waals surface area contributed by atoms with Crippen LogP contribution in [0, 0.1) is 5.92 Å². The maximum absolute atomic E-state index is 11.7. The summed E-state index contributed by atoms with van der Waals surface area (Å²) >= 11 is 0. The van der Waals surface area contributed by atoms with Gasteiger partial charge in [-0.15, -0.1) is 0 Å². The maximum Gasteiger partial charge on any atom is 0.220 e. The van der Waals surface area contributed by atoms with Gasteiger partial charge in [0.1, 0.15) is 0 Å². The van der Waals surface area contributed by atoms with Crippen LogP contribution >= 0.6 is 0 Å². The molecular weight excluding hydrogens is 378 g/mol. The monoisotopic (exact) mass is 415 g/mol. The van der Waals surface area contributed by atoms with Crippen molar-refractivity contribution in [2.24, 2.45) is 10.9 Å². The average molecular weight is 416 g/mol. The van der Waals surface area contributed by atoms with Crippen molar-refractivity contribution in [3.8, 4) is 0 Å². The van der Waals surface area contributed by atoms with E-state index in [0.717, 1.165) is 71.3 Å². The van der Waals surface area contributed by atoms with Crippen LogP contribution < -0.4 is 10.6 Å². The first-order valence-corrected chi connectivity index (χ1v) is 11.3. The third-order valence-corrected chi connectivity index (χ3v) is 6.02. The van der Waals surface area contributed by atoms with E-state index in [1.54, 1.807) is 7.05 Å². The largest absolute Gasteiger partial charge is 0.379 e. The van der Waals surface area contributed by atoms with Crippen molar-refractivity contribution in [2.45, 2.75) is 39.3 Å². The topological polar surface area (TPSA) is 69.2 Å². The summed E-state index contributed by atoms with van der Waals surface area (Å²) in [5, 5.41) is 6.20. The molecule has 0 aliphatic carbocycles. The third kappa shape index (κ3) is 6.71. The molecule has 1 aromatic carbocycles. The van der Waals surface area contributed by atoms with Crippen molar-refractivity contribution < 1.29 is 9.53 Å². The highest BCUT2D eigenvalue weighted by atomic mass is 16.5. The standard InChI is InChI=1S/C23H37N5O2/c1-3-25-23(28-10-8-19(9-11-28)16-22(29)24-2)26-17-20-6-4-5-7-21(20)18-27-12-14-30-15-13-27/h4-7,19H,3,8-18H2,1-2H3,(H,24,29)(H,25,26). The van der Waals surface area contributed by atoms with Crippen molar-refractivity contribution in [3.05, 3.63) is 35.4 Å². The quantitative estimate of drug-likeness (QED) is 0.525. The van der Waals surface area contributed by atoms with E-state index >= 15 is 0 Å². The summed E-state index contributed by atoms with van der Waals surface area (Å²) in [5.74, 6) is 1.60. The highest BCUT2D eigenvalue weighted by Crippen LogP contribution is 2.21. The van der Waals surface area contributed by atoms with E-state index in [9.17, 15) is 4.79 Å². The number of hydrogen-bond acceptors (Lipinski definition) is 4. The number of benzene rings is 1. The molecule has 0 saturated carbocycles. The van der Waals surface area contributed by atoms with Gasteiger partial charge >= 0.3 is 0 Å². The van der Waals surface area contributed by atoms with Crippen LogP contribution in [0.4, 0.5) is 0 Å². The highest BCUT2D eigenvalue weighted by molar-refractivity contribution is 5.80. The number of ether oxygens (including phenoxy) is 1. The predicted molar refractivity (Wildman–Crippen MR) is 120 cm³/mol. The van der Waals surface area contributed by atoms with Crippen LogP contribution in [-0.2, 0) is 22.6 Å². The Labute approximate surface area is 180 Å². The normalized spacial score (nSPS) is 19.0. The van der Waals surface area contributed by atoms with Gasteiger partial charge in [0.25, 0.3) is 0 Å². The van der Waals surface area contributed by atoms with Crippen molar-refractivity contribution in [1.82, 2.24) is 20.4 Å². The van der Waals surface area contributed by atoms with Gasteiger partial charge in [0, 0.05) is 52.7 Å². The second-order valence-corrected chi connectivity index (χ2v) is 8.14. The number of aliphatic imine (C=N–C) groups is 1. The molecule has 2 aliphatic rings. The van der Waals surface area contributed by atoms with E-state index in [2.05, 4.69) is 51.6 Å². The van der Waals surface area contributed by atoms with Gasteiger partial charge in [0.05, 0.1) is 19.8 Å². The lowest BCUT2D eigenvalue weighted by Gasteiger charge is -2.34. The van der Waals surface area contributed by atoms with Crippen molar-refractivity contribution >= 4 is 11.9 Å². The molecule has 0 aromatic heterocycles. The van der Waals surface area contributed by atoms with Gasteiger partial charge in [-0.05, 0) is 36.8 Å². The van der Waals surface area contributed by atoms with Gasteiger partial charge in [-0.2, -0.15) is 0 Å². The zero-order chi connectivity index (χ0) is 21.2. The molecule has 2 saturated heterocycles. The molecule has 1 amide bonds. The van der Waals surface area contributed by atoms with Gasteiger partial charge in [0.15, 0.2) is 5.96 Å². The Morgan fingerprint density at radius 1 is 1.13 bits per heavy atom. The minimum atomic E-state index is 0.144. The van der Waals surface area contributed by atoms with Crippen LogP contribution in [0.5, 0.6) is 0 Å². The summed E-state index contributed by atoms with van der Waals surface area (Å²) in [6, 6.07) is 8.63. The van der Waals surface area contributed by atoms with Gasteiger partial charge in [-0.1, -0.05) is 24.3 Å². The van der Waals surface area contributed by atoms with Gasteiger partial charge in [-0.3, -0.25) is 9.69 Å². The number of likely N-dealkylation sites (tertiary alicyclic amines) is 1. The Morgan fingerprint density at radius 3 is 2.50 bits per heavy atom. The zero-order valence-electron chi connectivity index (χ0n) is 18.5. The number of morpholine rings is 1. The van der Waals surface area contributed by atoms with Gasteiger partial charge in [0.2, 0.25) is 5.91 Å². The van der Waals surface area contributed by atoms with E-state index in [0.29, 0.717) is 18.9 Å². The highest BCUT2D eigenvalue weighted by Gasteiger charge is 2.23. The molecule has 166 valence electrons. The second kappa shape index (κ2) is 11.9. The number of carbonyl (C=O) groups excluding carboxylic acids is 1. The Hall–Kier alpha value is -2.12. The van der Waals surface area contributed by atoms with Gasteiger partial charge in [-0.25, -0.2) is 4.99 Å². The SMILES string of the molecule is CCNC(=NCc1ccccc1CN1CCOCC1)N1CCC(CC(=O)NC)CC1. The summed E-state index contributed by atoms with van der Waals surface area (Å²) in [4.78, 5) is 21.4. The average Bonchev–Trinajstić information content (AvgIpc) is 2.79. The minimum absolute atomic E-state index is 0.144. The van der Waals surface area contributed by atoms with Crippen LogP contribution in [-0.4, -0.2) is 74.7 Å². The second-order valence-electron chi connectivity index (χ2n) is 8.14. The zero-order valence-corrected chi connectivity index (χ0v) is 18.5. The fourth-order valence-corrected chi connectivity index (χ4v) is 4.17. The molecule has 0 bridgehead atoms. The molecule has 2 aliphatic heterocycles. The van der Waals surface area contributed by atoms with E-state index in [-0.39, 0.29) is 5.91 Å². The van der Waals surface area contributed by atoms with Crippen LogP contribution in [0.25, 0.3) is 0 Å². The van der Waals surface area contributed by atoms with E-state index in [1.807, 2.05) is 0 Å². The van der Waals surface area contributed by atoms with Crippen molar-refractivity contribution in [2.75, 3.05) is 53.0 Å². The number of rotatable bonds is 7. The van der Waals surface area contributed by atoms with E-state index < -0.39 is 0 Å². The maximum atomic E-state index is 11.7. The first-order valence-electron chi connectivity index (χ1n) is 11.3. The summed E-state index contributed by atoms with van der Waals surface area (Å²) < 4.78 is 5.48. The lowest BCUT2D eigenvalue weighted by molar-refractivity contribution is -0.121. The van der Waals surface area contributed by atoms with Gasteiger partial charge < -0.3 is 20.3 Å². The molecule has 7 heteroatoms. The van der Waals surface area contributed by atoms with Crippen LogP contribution in [0.1, 0.15) is 37.3 Å². The number of nitrogens with one attached hydrogen (secondary N) is 2. The number of nitrogens with zero attached hydrogens (tertiary/aromatic N) is 3. The molecule has 0 unspecified atom stereocenters. The molecule has 0 spiro atoms. The lowest BCUT2D eigenvalue weighted by Crippen LogP contribution is -2.46. The fourth-order valence-electron chi connectivity index (χ4n) is 4.17. The number of piperidine rings is 1. The van der Waals surface area contributed by atoms with E-state index in [4.69, 9.17) is 9.73 Å². The first kappa shape index (κ1) is 22.6. The molecule has 2 N–H and O–H groups in total. The Kier molecular flexibility index (Phi) is 8.96. The number of hydrogen-bond donors (Lipinski definition) is 2. The first-order chi connectivity index (χ1) is 14.7. The van der Waals surface area contributed by atoms with Crippen molar-refractivity contribution in [1.29, 1.82) is 0 Å². The van der Waals surface area contributed by atoms with Crippen LogP contribution in [0.3, 0.4) is 0 Å². The summed E-state index contributed by atoms with van der Waals surface area (Å²) in [5.41, 5.74) is 2.64. The summed E-state index contributed by atoms with van der Waals surface area (Å²) in [6.07, 6.45) is 2.70. The molecule has 0 atom stereocenters. The molecule has 1 aromatic rings. The third-order valence-electron chi connectivity index (χ3n) is 6.02.